The lowest BCUT2D eigenvalue weighted by Gasteiger charge is -2.29. The minimum atomic E-state index is -0.746. The van der Waals surface area contributed by atoms with Crippen LogP contribution in [0.3, 0.4) is 0 Å². The number of nitrogens with one attached hydrogen (secondary N) is 1. The largest absolute Gasteiger partial charge is 0.362 e. The normalized spacial score (nSPS) is 24.6. The quantitative estimate of drug-likeness (QED) is 0.666. The van der Waals surface area contributed by atoms with Gasteiger partial charge in [0.25, 0.3) is 0 Å². The number of fused-ring (bicyclic) bond motifs is 1. The lowest BCUT2D eigenvalue weighted by molar-refractivity contribution is 0.140. The Labute approximate surface area is 105 Å². The summed E-state index contributed by atoms with van der Waals surface area (Å²) in [5, 5.41) is 9.32. The van der Waals surface area contributed by atoms with E-state index in [-0.39, 0.29) is 0 Å². The van der Waals surface area contributed by atoms with Crippen molar-refractivity contribution in [3.63, 3.8) is 0 Å². The predicted octanol–water partition coefficient (Wildman–Crippen LogP) is 3.39. The van der Waals surface area contributed by atoms with Crippen LogP contribution in [0, 0.1) is 18.3 Å². The van der Waals surface area contributed by atoms with Crippen molar-refractivity contribution in [2.45, 2.75) is 31.8 Å². The summed E-state index contributed by atoms with van der Waals surface area (Å²) in [5.41, 5.74) is 2.54. The molecule has 5 heteroatoms. The number of aromatic amines is 1. The number of nitriles is 1. The Bertz CT molecular complexity index is 412. The maximum Gasteiger partial charge on any atom is 0.196 e. The van der Waals surface area contributed by atoms with Crippen LogP contribution in [-0.4, -0.2) is 4.98 Å². The first-order valence-corrected chi connectivity index (χ1v) is 8.07. The molecule has 1 N–H and O–H groups in total. The lowest BCUT2D eigenvalue weighted by Crippen LogP contribution is -2.29. The first kappa shape index (κ1) is 11.3. The van der Waals surface area contributed by atoms with Gasteiger partial charge in [0.1, 0.15) is 6.07 Å². The fraction of sp³-hybridized carbons (Fsp3) is 0.500. The second kappa shape index (κ2) is 4.36. The van der Waals surface area contributed by atoms with E-state index in [1.807, 2.05) is 13.0 Å². The van der Waals surface area contributed by atoms with E-state index < -0.39 is 5.60 Å². The van der Waals surface area contributed by atoms with Crippen molar-refractivity contribution in [3.05, 3.63) is 23.0 Å². The van der Waals surface area contributed by atoms with E-state index in [0.717, 1.165) is 36.2 Å². The van der Waals surface area contributed by atoms with E-state index in [1.54, 1.807) is 0 Å². The first-order valence-electron chi connectivity index (χ1n) is 4.78. The molecular formula is C10H11IN2OS. The van der Waals surface area contributed by atoms with Crippen molar-refractivity contribution < 1.29 is 4.18 Å². The molecule has 0 amide bonds. The topological polar surface area (TPSA) is 48.8 Å². The van der Waals surface area contributed by atoms with Gasteiger partial charge >= 0.3 is 0 Å². The molecule has 3 nitrogen and oxygen atoms in total. The highest BCUT2D eigenvalue weighted by atomic mass is 127. The molecule has 0 aromatic carbocycles. The summed E-state index contributed by atoms with van der Waals surface area (Å²) in [7, 11) is 1.24. The van der Waals surface area contributed by atoms with E-state index in [9.17, 15) is 5.26 Å². The molecule has 0 saturated carbocycles. The Hall–Kier alpha value is -0.190. The van der Waals surface area contributed by atoms with Gasteiger partial charge < -0.3 is 4.98 Å². The van der Waals surface area contributed by atoms with Gasteiger partial charge in [-0.15, -0.1) is 0 Å². The molecule has 1 aromatic heterocycles. The molecule has 80 valence electrons. The maximum absolute atomic E-state index is 9.32. The second-order valence-electron chi connectivity index (χ2n) is 3.78. The SMILES string of the molecule is Cc1cc2c([nH]1)CCCC2(C#N)OSI. The number of hydrogen-bond acceptors (Lipinski definition) is 3. The maximum atomic E-state index is 9.32. The number of aromatic nitrogens is 1. The summed E-state index contributed by atoms with van der Waals surface area (Å²) in [4.78, 5) is 3.30. The van der Waals surface area contributed by atoms with E-state index in [0.29, 0.717) is 0 Å². The molecule has 1 heterocycles. The minimum absolute atomic E-state index is 0.746. The molecule has 15 heavy (non-hydrogen) atoms. The average molecular weight is 334 g/mol. The van der Waals surface area contributed by atoms with Crippen molar-refractivity contribution >= 4 is 30.4 Å². The third-order valence-corrected chi connectivity index (χ3v) is 3.67. The summed E-state index contributed by atoms with van der Waals surface area (Å²) in [6.45, 7) is 2.01. The first-order chi connectivity index (χ1) is 7.22. The summed E-state index contributed by atoms with van der Waals surface area (Å²) in [5.74, 6) is 0. The molecule has 0 saturated heterocycles. The fourth-order valence-corrected chi connectivity index (χ4v) is 3.37. The number of nitrogens with zero attached hydrogens (tertiary/aromatic N) is 1. The molecule has 0 radical (unpaired) electrons. The molecule has 1 atom stereocenters. The molecule has 1 aliphatic rings. The monoisotopic (exact) mass is 334 g/mol. The van der Waals surface area contributed by atoms with E-state index in [4.69, 9.17) is 4.18 Å². The Morgan fingerprint density at radius 2 is 2.53 bits per heavy atom. The minimum Gasteiger partial charge on any atom is -0.362 e. The highest BCUT2D eigenvalue weighted by Crippen LogP contribution is 2.42. The molecule has 1 unspecified atom stereocenters. The average Bonchev–Trinajstić information content (AvgIpc) is 2.60. The zero-order valence-electron chi connectivity index (χ0n) is 8.34. The third kappa shape index (κ3) is 1.90. The van der Waals surface area contributed by atoms with Crippen molar-refractivity contribution in [2.75, 3.05) is 0 Å². The highest BCUT2D eigenvalue weighted by Gasteiger charge is 2.39. The zero-order chi connectivity index (χ0) is 10.9. The van der Waals surface area contributed by atoms with Gasteiger partial charge in [0, 0.05) is 38.2 Å². The standard InChI is InChI=1S/C10H11IN2OS/c1-7-5-8-9(13-7)3-2-4-10(8,6-12)14-15-11/h5,13H,2-4H2,1H3. The van der Waals surface area contributed by atoms with Gasteiger partial charge in [-0.05, 0) is 32.3 Å². The van der Waals surface area contributed by atoms with Gasteiger partial charge in [0.15, 0.2) is 5.60 Å². The van der Waals surface area contributed by atoms with Gasteiger partial charge in [-0.25, -0.2) is 0 Å². The molecular weight excluding hydrogens is 323 g/mol. The Morgan fingerprint density at radius 1 is 1.73 bits per heavy atom. The molecule has 0 aliphatic heterocycles. The molecule has 1 aromatic rings. The van der Waals surface area contributed by atoms with Crippen LogP contribution in [0.25, 0.3) is 0 Å². The Morgan fingerprint density at radius 3 is 3.20 bits per heavy atom. The fourth-order valence-electron chi connectivity index (χ4n) is 2.13. The van der Waals surface area contributed by atoms with Gasteiger partial charge in [-0.2, -0.15) is 5.26 Å². The van der Waals surface area contributed by atoms with Crippen LogP contribution in [0.1, 0.15) is 29.8 Å². The zero-order valence-corrected chi connectivity index (χ0v) is 11.3. The van der Waals surface area contributed by atoms with E-state index in [1.165, 1.54) is 9.21 Å². The highest BCUT2D eigenvalue weighted by molar-refractivity contribution is 14.2. The Kier molecular flexibility index (Phi) is 3.28. The van der Waals surface area contributed by atoms with Crippen LogP contribution in [0.15, 0.2) is 6.07 Å². The van der Waals surface area contributed by atoms with Gasteiger partial charge in [-0.1, -0.05) is 0 Å². The number of rotatable bonds is 2. The molecule has 1 aliphatic carbocycles. The smallest absolute Gasteiger partial charge is 0.196 e. The van der Waals surface area contributed by atoms with Crippen molar-refractivity contribution in [3.8, 4) is 6.07 Å². The van der Waals surface area contributed by atoms with Crippen molar-refractivity contribution in [1.82, 2.24) is 4.98 Å². The van der Waals surface area contributed by atoms with Crippen LogP contribution >= 0.6 is 30.4 Å². The van der Waals surface area contributed by atoms with Crippen LogP contribution in [0.2, 0.25) is 0 Å². The van der Waals surface area contributed by atoms with E-state index >= 15 is 0 Å². The number of halogens is 1. The van der Waals surface area contributed by atoms with Crippen LogP contribution in [-0.2, 0) is 16.2 Å². The van der Waals surface area contributed by atoms with Gasteiger partial charge in [0.2, 0.25) is 0 Å². The van der Waals surface area contributed by atoms with Crippen LogP contribution < -0.4 is 0 Å². The molecule has 0 fully saturated rings. The molecule has 0 bridgehead atoms. The lowest BCUT2D eigenvalue weighted by atomic mass is 9.84. The summed E-state index contributed by atoms with van der Waals surface area (Å²) >= 11 is 2.06. The summed E-state index contributed by atoms with van der Waals surface area (Å²) in [6, 6.07) is 4.35. The number of H-pyrrole nitrogens is 1. The van der Waals surface area contributed by atoms with Crippen molar-refractivity contribution in [1.29, 1.82) is 5.26 Å². The van der Waals surface area contributed by atoms with E-state index in [2.05, 4.69) is 32.3 Å². The number of aryl methyl sites for hydroxylation is 2. The molecule has 0 spiro atoms. The predicted molar refractivity (Wildman–Crippen MR) is 68.5 cm³/mol. The van der Waals surface area contributed by atoms with Gasteiger partial charge in [-0.3, -0.25) is 4.18 Å². The summed E-state index contributed by atoms with van der Waals surface area (Å²) < 4.78 is 5.58. The Balaban J connectivity index is 2.47. The number of hydrogen-bond donors (Lipinski definition) is 1. The van der Waals surface area contributed by atoms with Crippen LogP contribution in [0.4, 0.5) is 0 Å². The second-order valence-corrected chi connectivity index (χ2v) is 5.15. The van der Waals surface area contributed by atoms with Gasteiger partial charge in [0.05, 0.1) is 9.21 Å². The summed E-state index contributed by atoms with van der Waals surface area (Å²) in [6.07, 6.45) is 2.80. The molecule has 2 rings (SSSR count). The third-order valence-electron chi connectivity index (χ3n) is 2.78. The van der Waals surface area contributed by atoms with Crippen molar-refractivity contribution in [2.24, 2.45) is 0 Å². The van der Waals surface area contributed by atoms with Crippen LogP contribution in [0.5, 0.6) is 0 Å².